The van der Waals surface area contributed by atoms with E-state index >= 15 is 0 Å². The third-order valence-corrected chi connectivity index (χ3v) is 12.7. The normalized spacial score (nSPS) is 9.99. The molecule has 17 heteroatoms. The summed E-state index contributed by atoms with van der Waals surface area (Å²) in [5.41, 5.74) is 14.0. The van der Waals surface area contributed by atoms with Crippen LogP contribution in [0, 0.1) is 88.3 Å². The fourth-order valence-corrected chi connectivity index (χ4v) is 8.59. The van der Waals surface area contributed by atoms with Gasteiger partial charge in [-0.3, -0.25) is 0 Å². The van der Waals surface area contributed by atoms with Crippen molar-refractivity contribution in [3.05, 3.63) is 251 Å². The molecule has 0 aliphatic rings. The summed E-state index contributed by atoms with van der Waals surface area (Å²) < 4.78 is 49.1. The van der Waals surface area contributed by atoms with E-state index in [-0.39, 0.29) is 11.5 Å². The molecule has 14 nitrogen and oxygen atoms in total. The molecule has 0 amide bonds. The first-order chi connectivity index (χ1) is 38.9. The average Bonchev–Trinajstić information content (AvgIpc) is 3.52. The zero-order valence-electron chi connectivity index (χ0n) is 46.6. The number of pyridine rings is 10. The van der Waals surface area contributed by atoms with Crippen molar-refractivity contribution in [1.82, 2.24) is 24.9 Å². The molecule has 0 radical (unpaired) electrons. The van der Waals surface area contributed by atoms with Gasteiger partial charge >= 0.3 is 0 Å². The van der Waals surface area contributed by atoms with Gasteiger partial charge in [0.1, 0.15) is 64.8 Å². The van der Waals surface area contributed by atoms with Crippen molar-refractivity contribution in [2.75, 3.05) is 0 Å². The van der Waals surface area contributed by atoms with Gasteiger partial charge in [0, 0.05) is 79.1 Å². The minimum Gasteiger partial charge on any atom is -0.360 e. The summed E-state index contributed by atoms with van der Waals surface area (Å²) in [6, 6.07) is 41.2. The number of hydrogen-bond acceptors (Lipinski definition) is 7. The maximum atomic E-state index is 13.6. The van der Waals surface area contributed by atoms with Crippen LogP contribution in [0.15, 0.2) is 171 Å². The molecule has 10 heterocycles. The number of nitriles is 2. The van der Waals surface area contributed by atoms with E-state index in [1.807, 2.05) is 202 Å². The Hall–Kier alpha value is -10.8. The van der Waals surface area contributed by atoms with Gasteiger partial charge in [-0.1, -0.05) is 13.1 Å². The summed E-state index contributed by atoms with van der Waals surface area (Å²) in [6.07, 6.45) is 14.6. The average molecular weight is 1080 g/mol. The molecule has 0 bridgehead atoms. The van der Waals surface area contributed by atoms with Crippen molar-refractivity contribution in [3.63, 3.8) is 0 Å². The first-order valence-electron chi connectivity index (χ1n) is 25.1. The first-order valence-corrected chi connectivity index (χ1v) is 25.1. The molecule has 10 aromatic rings. The molecule has 10 aromatic heterocycles. The minimum atomic E-state index is -0.794. The highest BCUT2D eigenvalue weighted by Gasteiger charge is 2.22. The van der Waals surface area contributed by atoms with Crippen molar-refractivity contribution >= 4 is 11.6 Å². The summed E-state index contributed by atoms with van der Waals surface area (Å²) >= 11 is 0. The second-order valence-electron chi connectivity index (χ2n) is 18.4. The predicted octanol–water partition coefficient (Wildman–Crippen LogP) is 10.7. The molecule has 0 saturated heterocycles. The Morgan fingerprint density at radius 1 is 0.420 bits per heavy atom. The SMILES string of the molecule is Cc1cc(C#N)ncc1-c1cccc[n+]1C.Cc1cc(F)nc(F)c1-c1cccc[n+]1C.Cc1cc(F)ncc1-c1cccc[n+]1C.[C-]#[N+]c1nc(C#N)cc(C)c1-c1cccc[n+]1C.[C-]#[N+]c1nccc(C)c1-c1cccc[n+]1C. The Balaban J connectivity index is 0.000000163. The number of aromatic nitrogens is 10. The molecule has 0 saturated carbocycles. The van der Waals surface area contributed by atoms with Gasteiger partial charge in [0.2, 0.25) is 52.0 Å². The van der Waals surface area contributed by atoms with E-state index in [1.165, 1.54) is 12.1 Å². The van der Waals surface area contributed by atoms with Gasteiger partial charge in [-0.2, -0.15) is 28.7 Å². The van der Waals surface area contributed by atoms with Crippen molar-refractivity contribution in [2.24, 2.45) is 35.2 Å². The van der Waals surface area contributed by atoms with Crippen LogP contribution < -0.4 is 22.8 Å². The second kappa shape index (κ2) is 28.0. The monoisotopic (exact) mass is 1080 g/mol. The molecule has 0 aromatic carbocycles. The quantitative estimate of drug-likeness (QED) is 0.0949. The topological polar surface area (TPSA) is 140 Å². The third-order valence-electron chi connectivity index (χ3n) is 12.7. The van der Waals surface area contributed by atoms with Crippen LogP contribution in [0.4, 0.5) is 24.8 Å². The molecule has 0 spiro atoms. The lowest BCUT2D eigenvalue weighted by Gasteiger charge is -2.05. The molecule has 81 heavy (non-hydrogen) atoms. The summed E-state index contributed by atoms with van der Waals surface area (Å²) in [6.45, 7) is 23.8. The van der Waals surface area contributed by atoms with Crippen LogP contribution in [0.5, 0.6) is 0 Å². The van der Waals surface area contributed by atoms with Crippen molar-refractivity contribution in [2.45, 2.75) is 34.6 Å². The van der Waals surface area contributed by atoms with Gasteiger partial charge in [-0.25, -0.2) is 32.8 Å². The Bertz CT molecular complexity index is 4060. The Kier molecular flexibility index (Phi) is 20.6. The molecule has 400 valence electrons. The van der Waals surface area contributed by atoms with E-state index < -0.39 is 17.8 Å². The highest BCUT2D eigenvalue weighted by molar-refractivity contribution is 5.76. The molecule has 0 aliphatic carbocycles. The first kappa shape index (κ1) is 59.5. The third kappa shape index (κ3) is 15.1. The fourth-order valence-electron chi connectivity index (χ4n) is 8.59. The molecule has 0 N–H and O–H groups in total. The fraction of sp³-hybridized carbons (Fsp3) is 0.156. The zero-order valence-corrected chi connectivity index (χ0v) is 46.6. The van der Waals surface area contributed by atoms with E-state index in [4.69, 9.17) is 23.7 Å². The maximum absolute atomic E-state index is 13.6. The number of rotatable bonds is 5. The van der Waals surface area contributed by atoms with Crippen molar-refractivity contribution < 1.29 is 36.0 Å². The van der Waals surface area contributed by atoms with Crippen LogP contribution in [-0.4, -0.2) is 24.9 Å². The standard InChI is InChI=1S/C14H11N4.2C13H12N3.C12H11F2N2.C12H12FN2/c1-10-8-11(9-15)17-14(16-2)13(10)12-6-4-5-7-18(12)3;1-10-7-8-15-13(14-2)12(10)11-6-4-5-9-16(11)3;1-10-7-11(8-14)15-9-12(10)13-5-3-4-6-16(13)2;1-8-7-10(13)15-12(14)11(8)9-5-3-4-6-16(9)2;1-9-7-12(13)14-8-10(9)11-5-3-4-6-15(11)2/h4-8H,1,3H3;4-9H,1,3H3;3-7,9H,1-2H3;3-7H,1-2H3;3-8H,1-2H3/q5*+1. The largest absolute Gasteiger partial charge is 0.360 e. The van der Waals surface area contributed by atoms with Crippen molar-refractivity contribution in [3.8, 4) is 68.4 Å². The maximum Gasteiger partial charge on any atom is 0.285 e. The van der Waals surface area contributed by atoms with Crippen LogP contribution in [0.25, 0.3) is 66.0 Å². The Morgan fingerprint density at radius 2 is 0.815 bits per heavy atom. The van der Waals surface area contributed by atoms with Crippen LogP contribution >= 0.6 is 0 Å². The highest BCUT2D eigenvalue weighted by Crippen LogP contribution is 2.31. The number of hydrogen-bond donors (Lipinski definition) is 0. The number of aryl methyl sites for hydroxylation is 10. The second-order valence-corrected chi connectivity index (χ2v) is 18.4. The van der Waals surface area contributed by atoms with Gasteiger partial charge in [0.25, 0.3) is 11.6 Å². The molecule has 0 unspecified atom stereocenters. The molecular formula is C64H58F3N14+5. The lowest BCUT2D eigenvalue weighted by Crippen LogP contribution is -2.30. The van der Waals surface area contributed by atoms with Crippen LogP contribution in [-0.2, 0) is 35.2 Å². The van der Waals surface area contributed by atoms with Gasteiger partial charge in [0.05, 0.1) is 22.3 Å². The summed E-state index contributed by atoms with van der Waals surface area (Å²) in [5.74, 6) is -1.28. The van der Waals surface area contributed by atoms with Crippen LogP contribution in [0.2, 0.25) is 0 Å². The molecule has 10 rings (SSSR count). The molecular weight excluding hydrogens is 1020 g/mol. The van der Waals surface area contributed by atoms with Gasteiger partial charge in [-0.15, -0.1) is 9.97 Å². The number of nitrogens with zero attached hydrogens (tertiary/aromatic N) is 14. The summed E-state index contributed by atoms with van der Waals surface area (Å²) in [7, 11) is 9.64. The van der Waals surface area contributed by atoms with E-state index in [0.717, 1.165) is 67.3 Å². The highest BCUT2D eigenvalue weighted by atomic mass is 19.1. The number of halogens is 3. The molecule has 0 aliphatic heterocycles. The van der Waals surface area contributed by atoms with Gasteiger partial charge in [-0.05, 0) is 117 Å². The smallest absolute Gasteiger partial charge is 0.285 e. The molecule has 0 atom stereocenters. The lowest BCUT2D eigenvalue weighted by molar-refractivity contribution is -0.660. The van der Waals surface area contributed by atoms with Gasteiger partial charge in [0.15, 0.2) is 31.0 Å². The molecule has 0 fully saturated rings. The lowest BCUT2D eigenvalue weighted by atomic mass is 10.1. The van der Waals surface area contributed by atoms with Crippen molar-refractivity contribution in [1.29, 1.82) is 10.5 Å². The van der Waals surface area contributed by atoms with Crippen LogP contribution in [0.1, 0.15) is 39.2 Å². The van der Waals surface area contributed by atoms with E-state index in [9.17, 15) is 13.2 Å². The zero-order chi connectivity index (χ0) is 58.8. The van der Waals surface area contributed by atoms with E-state index in [1.54, 1.807) is 61.5 Å². The predicted molar refractivity (Wildman–Crippen MR) is 300 cm³/mol. The minimum absolute atomic E-state index is 0.272. The van der Waals surface area contributed by atoms with E-state index in [0.29, 0.717) is 28.3 Å². The van der Waals surface area contributed by atoms with E-state index in [2.05, 4.69) is 34.6 Å². The van der Waals surface area contributed by atoms with Crippen LogP contribution in [0.3, 0.4) is 0 Å². The summed E-state index contributed by atoms with van der Waals surface area (Å²) in [4.78, 5) is 26.1. The Labute approximate surface area is 470 Å². The Morgan fingerprint density at radius 3 is 1.23 bits per heavy atom. The summed E-state index contributed by atoms with van der Waals surface area (Å²) in [5, 5.41) is 17.6. The van der Waals surface area contributed by atoms with Gasteiger partial charge < -0.3 is 9.69 Å².